The summed E-state index contributed by atoms with van der Waals surface area (Å²) < 4.78 is 28.0. The van der Waals surface area contributed by atoms with Gasteiger partial charge in [-0.3, -0.25) is 14.1 Å². The quantitative estimate of drug-likeness (QED) is 0.537. The Bertz CT molecular complexity index is 1210. The highest BCUT2D eigenvalue weighted by Gasteiger charge is 2.30. The van der Waals surface area contributed by atoms with Crippen LogP contribution in [0.1, 0.15) is 36.1 Å². The molecule has 2 aromatic carbocycles. The molecule has 1 aromatic heterocycles. The predicted octanol–water partition coefficient (Wildman–Crippen LogP) is 4.79. The van der Waals surface area contributed by atoms with Gasteiger partial charge in [0, 0.05) is 30.1 Å². The molecular weight excluding hydrogens is 432 g/mol. The summed E-state index contributed by atoms with van der Waals surface area (Å²) in [5.41, 5.74) is 2.94. The van der Waals surface area contributed by atoms with Crippen LogP contribution in [-0.2, 0) is 27.7 Å². The molecule has 7 heteroatoms. The summed E-state index contributed by atoms with van der Waals surface area (Å²) in [7, 11) is -3.78. The second-order valence-corrected chi connectivity index (χ2v) is 10.0. The fraction of sp³-hybridized carbons (Fsp3) is 0.250. The molecule has 0 unspecified atom stereocenters. The minimum Gasteiger partial charge on any atom is -0.299 e. The van der Waals surface area contributed by atoms with Crippen molar-refractivity contribution in [3.8, 4) is 0 Å². The first-order valence-electron chi connectivity index (χ1n) is 10.2. The largest absolute Gasteiger partial charge is 0.299 e. The Balaban J connectivity index is 1.63. The summed E-state index contributed by atoms with van der Waals surface area (Å²) in [5.74, 6) is -0.184. The zero-order valence-electron chi connectivity index (χ0n) is 17.2. The summed E-state index contributed by atoms with van der Waals surface area (Å²) in [4.78, 5) is 17.5. The summed E-state index contributed by atoms with van der Waals surface area (Å²) in [6, 6.07) is 17.7. The van der Waals surface area contributed by atoms with E-state index in [0.29, 0.717) is 35.7 Å². The van der Waals surface area contributed by atoms with Crippen molar-refractivity contribution in [3.05, 3.63) is 88.7 Å². The Labute approximate surface area is 187 Å². The number of halogens is 1. The number of anilines is 1. The van der Waals surface area contributed by atoms with E-state index in [1.165, 1.54) is 16.4 Å². The number of Topliss-reactive ketones (excluding diaryl/α,β-unsaturated/α-hetero) is 1. The molecule has 0 saturated carbocycles. The molecular formula is C24H23ClN2O3S. The molecule has 4 rings (SSSR count). The van der Waals surface area contributed by atoms with Crippen molar-refractivity contribution in [2.24, 2.45) is 0 Å². The summed E-state index contributed by atoms with van der Waals surface area (Å²) >= 11 is 6.02. The first-order valence-corrected chi connectivity index (χ1v) is 12.0. The van der Waals surface area contributed by atoms with Gasteiger partial charge in [0.15, 0.2) is 0 Å². The number of nitrogens with zero attached hydrogens (tertiary/aromatic N) is 2. The third kappa shape index (κ3) is 4.50. The number of pyridine rings is 1. The maximum atomic E-state index is 13.3. The highest BCUT2D eigenvalue weighted by Crippen LogP contribution is 2.32. The fourth-order valence-electron chi connectivity index (χ4n) is 3.83. The van der Waals surface area contributed by atoms with Gasteiger partial charge in [-0.1, -0.05) is 54.9 Å². The maximum absolute atomic E-state index is 13.3. The first-order chi connectivity index (χ1) is 14.9. The number of benzene rings is 2. The lowest BCUT2D eigenvalue weighted by atomic mass is 9.93. The van der Waals surface area contributed by atoms with Crippen LogP contribution in [0, 0.1) is 0 Å². The average molecular weight is 455 g/mol. The van der Waals surface area contributed by atoms with Gasteiger partial charge in [-0.05, 0) is 48.2 Å². The Kier molecular flexibility index (Phi) is 6.12. The van der Waals surface area contributed by atoms with E-state index in [1.54, 1.807) is 24.4 Å². The second-order valence-electron chi connectivity index (χ2n) is 7.72. The van der Waals surface area contributed by atoms with Crippen LogP contribution in [0.25, 0.3) is 0 Å². The first kappa shape index (κ1) is 21.5. The minimum absolute atomic E-state index is 0.0630. The molecule has 1 aliphatic heterocycles. The standard InChI is InChI=1S/C24H23ClN2O3S/c1-17(19-7-3-2-4-8-19)24(28)14-18-13-23-22(26-16-18)11-6-12-27(23)31(29,30)21-10-5-9-20(25)15-21/h2-5,7-10,13,15-17H,6,11-12,14H2,1H3/t17-/m0/s1. The molecule has 0 radical (unpaired) electrons. The molecule has 0 spiro atoms. The molecule has 0 saturated heterocycles. The lowest BCUT2D eigenvalue weighted by Crippen LogP contribution is -2.36. The van der Waals surface area contributed by atoms with E-state index < -0.39 is 10.0 Å². The number of fused-ring (bicyclic) bond motifs is 1. The summed E-state index contributed by atoms with van der Waals surface area (Å²) in [6.07, 6.45) is 3.26. The molecule has 31 heavy (non-hydrogen) atoms. The van der Waals surface area contributed by atoms with Crippen LogP contribution in [-0.4, -0.2) is 25.7 Å². The van der Waals surface area contributed by atoms with E-state index in [4.69, 9.17) is 11.6 Å². The lowest BCUT2D eigenvalue weighted by Gasteiger charge is -2.30. The van der Waals surface area contributed by atoms with Crippen LogP contribution < -0.4 is 4.31 Å². The van der Waals surface area contributed by atoms with E-state index in [2.05, 4.69) is 4.98 Å². The Morgan fingerprint density at radius 2 is 1.90 bits per heavy atom. The maximum Gasteiger partial charge on any atom is 0.264 e. The van der Waals surface area contributed by atoms with Crippen LogP contribution in [0.5, 0.6) is 0 Å². The third-order valence-electron chi connectivity index (χ3n) is 5.59. The zero-order chi connectivity index (χ0) is 22.0. The van der Waals surface area contributed by atoms with Crippen LogP contribution >= 0.6 is 11.6 Å². The number of ketones is 1. The van der Waals surface area contributed by atoms with Crippen molar-refractivity contribution < 1.29 is 13.2 Å². The van der Waals surface area contributed by atoms with Gasteiger partial charge in [-0.25, -0.2) is 8.42 Å². The van der Waals surface area contributed by atoms with Gasteiger partial charge in [0.2, 0.25) is 0 Å². The van der Waals surface area contributed by atoms with E-state index in [0.717, 1.165) is 11.3 Å². The third-order valence-corrected chi connectivity index (χ3v) is 7.64. The zero-order valence-corrected chi connectivity index (χ0v) is 18.7. The minimum atomic E-state index is -3.78. The number of hydrogen-bond acceptors (Lipinski definition) is 4. The van der Waals surface area contributed by atoms with Gasteiger partial charge in [-0.15, -0.1) is 0 Å². The number of carbonyl (C=O) groups excluding carboxylic acids is 1. The Morgan fingerprint density at radius 3 is 2.65 bits per heavy atom. The van der Waals surface area contributed by atoms with Gasteiger partial charge in [0.05, 0.1) is 16.3 Å². The van der Waals surface area contributed by atoms with Gasteiger partial charge < -0.3 is 0 Å². The smallest absolute Gasteiger partial charge is 0.264 e. The Hall–Kier alpha value is -2.70. The SMILES string of the molecule is C[C@H](C(=O)Cc1cnc2c(c1)N(S(=O)(=O)c1cccc(Cl)c1)CCC2)c1ccccc1. The second kappa shape index (κ2) is 8.81. The number of hydrogen-bond donors (Lipinski definition) is 0. The molecule has 0 aliphatic carbocycles. The van der Waals surface area contributed by atoms with Crippen molar-refractivity contribution in [2.45, 2.75) is 37.0 Å². The molecule has 0 fully saturated rings. The van der Waals surface area contributed by atoms with E-state index in [9.17, 15) is 13.2 Å². The monoisotopic (exact) mass is 454 g/mol. The normalized spacial score (nSPS) is 14.7. The van der Waals surface area contributed by atoms with Crippen LogP contribution in [0.15, 0.2) is 71.8 Å². The molecule has 0 amide bonds. The molecule has 3 aromatic rings. The summed E-state index contributed by atoms with van der Waals surface area (Å²) in [6.45, 7) is 2.25. The lowest BCUT2D eigenvalue weighted by molar-refractivity contribution is -0.119. The highest BCUT2D eigenvalue weighted by atomic mass is 35.5. The molecule has 0 bridgehead atoms. The van der Waals surface area contributed by atoms with Crippen LogP contribution in [0.3, 0.4) is 0 Å². The summed E-state index contributed by atoms with van der Waals surface area (Å²) in [5, 5.41) is 0.366. The van der Waals surface area contributed by atoms with Crippen molar-refractivity contribution in [1.82, 2.24) is 4.98 Å². The fourth-order valence-corrected chi connectivity index (χ4v) is 5.65. The van der Waals surface area contributed by atoms with Crippen LogP contribution in [0.4, 0.5) is 5.69 Å². The average Bonchev–Trinajstić information content (AvgIpc) is 2.78. The molecule has 5 nitrogen and oxygen atoms in total. The number of aromatic nitrogens is 1. The van der Waals surface area contributed by atoms with E-state index in [-0.39, 0.29) is 23.0 Å². The predicted molar refractivity (Wildman–Crippen MR) is 122 cm³/mol. The van der Waals surface area contributed by atoms with Gasteiger partial charge in [0.25, 0.3) is 10.0 Å². The van der Waals surface area contributed by atoms with Crippen LogP contribution in [0.2, 0.25) is 5.02 Å². The molecule has 0 N–H and O–H groups in total. The van der Waals surface area contributed by atoms with Gasteiger partial charge in [0.1, 0.15) is 5.78 Å². The molecule has 1 atom stereocenters. The van der Waals surface area contributed by atoms with Crippen molar-refractivity contribution in [2.75, 3.05) is 10.8 Å². The van der Waals surface area contributed by atoms with E-state index in [1.807, 2.05) is 37.3 Å². The van der Waals surface area contributed by atoms with E-state index >= 15 is 0 Å². The number of sulfonamides is 1. The van der Waals surface area contributed by atoms with Crippen molar-refractivity contribution >= 4 is 33.1 Å². The number of rotatable bonds is 6. The number of carbonyl (C=O) groups is 1. The topological polar surface area (TPSA) is 67.3 Å². The Morgan fingerprint density at radius 1 is 1.13 bits per heavy atom. The number of aryl methyl sites for hydroxylation is 1. The van der Waals surface area contributed by atoms with Gasteiger partial charge >= 0.3 is 0 Å². The molecule has 1 aliphatic rings. The molecule has 2 heterocycles. The molecule has 160 valence electrons. The van der Waals surface area contributed by atoms with Gasteiger partial charge in [-0.2, -0.15) is 0 Å². The van der Waals surface area contributed by atoms with Crippen molar-refractivity contribution in [3.63, 3.8) is 0 Å². The highest BCUT2D eigenvalue weighted by molar-refractivity contribution is 7.92. The van der Waals surface area contributed by atoms with Crippen molar-refractivity contribution in [1.29, 1.82) is 0 Å².